The highest BCUT2D eigenvalue weighted by Crippen LogP contribution is 2.10. The number of benzene rings is 1. The molecular weight excluding hydrogens is 284 g/mol. The number of hydrogen-bond donors (Lipinski definition) is 2. The van der Waals surface area contributed by atoms with E-state index in [-0.39, 0.29) is 11.6 Å². The van der Waals surface area contributed by atoms with Crippen LogP contribution in [0.15, 0.2) is 53.5 Å². The summed E-state index contributed by atoms with van der Waals surface area (Å²) < 4.78 is 4.84. The molecule has 0 aliphatic heterocycles. The van der Waals surface area contributed by atoms with Gasteiger partial charge in [-0.1, -0.05) is 30.3 Å². The van der Waals surface area contributed by atoms with Gasteiger partial charge in [0.05, 0.1) is 6.04 Å². The fourth-order valence-electron chi connectivity index (χ4n) is 1.90. The molecule has 0 saturated carbocycles. The predicted octanol–water partition coefficient (Wildman–Crippen LogP) is 1.41. The summed E-state index contributed by atoms with van der Waals surface area (Å²) in [5.74, 6) is -1.26. The molecule has 6 nitrogen and oxygen atoms in total. The second kappa shape index (κ2) is 7.21. The van der Waals surface area contributed by atoms with Gasteiger partial charge in [0.25, 0.3) is 11.5 Å². The number of hydrogen-bond acceptors (Lipinski definition) is 4. The van der Waals surface area contributed by atoms with Gasteiger partial charge in [-0.2, -0.15) is 0 Å². The summed E-state index contributed by atoms with van der Waals surface area (Å²) in [6, 6.07) is 12.1. The summed E-state index contributed by atoms with van der Waals surface area (Å²) in [5, 5.41) is 2.72. The normalized spacial score (nSPS) is 11.5. The van der Waals surface area contributed by atoms with Crippen LogP contribution in [-0.2, 0) is 9.53 Å². The third-order valence-corrected chi connectivity index (χ3v) is 3.05. The molecule has 2 rings (SSSR count). The molecule has 2 aromatic rings. The van der Waals surface area contributed by atoms with E-state index in [9.17, 15) is 14.4 Å². The van der Waals surface area contributed by atoms with Crippen LogP contribution in [0.1, 0.15) is 28.9 Å². The first-order valence-electron chi connectivity index (χ1n) is 6.77. The molecule has 0 saturated heterocycles. The third kappa shape index (κ3) is 4.05. The lowest BCUT2D eigenvalue weighted by atomic mass is 10.1. The van der Waals surface area contributed by atoms with Gasteiger partial charge in [0.15, 0.2) is 6.61 Å². The van der Waals surface area contributed by atoms with Crippen molar-refractivity contribution in [3.05, 3.63) is 70.1 Å². The van der Waals surface area contributed by atoms with Crippen LogP contribution in [0.5, 0.6) is 0 Å². The summed E-state index contributed by atoms with van der Waals surface area (Å²) in [6.45, 7) is 1.39. The molecule has 0 fully saturated rings. The van der Waals surface area contributed by atoms with E-state index in [0.29, 0.717) is 0 Å². The van der Waals surface area contributed by atoms with E-state index < -0.39 is 24.0 Å². The molecule has 0 aliphatic rings. The van der Waals surface area contributed by atoms with Crippen LogP contribution < -0.4 is 10.9 Å². The Labute approximate surface area is 127 Å². The van der Waals surface area contributed by atoms with Gasteiger partial charge in [0, 0.05) is 6.20 Å². The second-order valence-corrected chi connectivity index (χ2v) is 4.69. The van der Waals surface area contributed by atoms with Crippen molar-refractivity contribution in [1.82, 2.24) is 10.3 Å². The smallest absolute Gasteiger partial charge is 0.344 e. The molecule has 0 radical (unpaired) electrons. The number of H-pyrrole nitrogens is 1. The first-order chi connectivity index (χ1) is 10.6. The van der Waals surface area contributed by atoms with Crippen LogP contribution in [0.25, 0.3) is 0 Å². The molecule has 6 heteroatoms. The summed E-state index contributed by atoms with van der Waals surface area (Å²) in [7, 11) is 0. The Hall–Kier alpha value is -2.89. The largest absolute Gasteiger partial charge is 0.452 e. The van der Waals surface area contributed by atoms with E-state index in [1.54, 1.807) is 0 Å². The number of amides is 1. The lowest BCUT2D eigenvalue weighted by molar-refractivity contribution is -0.124. The molecule has 114 valence electrons. The van der Waals surface area contributed by atoms with Crippen molar-refractivity contribution >= 4 is 11.9 Å². The summed E-state index contributed by atoms with van der Waals surface area (Å²) in [4.78, 5) is 37.3. The summed E-state index contributed by atoms with van der Waals surface area (Å²) >= 11 is 0. The number of aromatic amines is 1. The van der Waals surface area contributed by atoms with Crippen molar-refractivity contribution in [2.45, 2.75) is 13.0 Å². The molecular formula is C16H16N2O4. The lowest BCUT2D eigenvalue weighted by Gasteiger charge is -2.14. The highest BCUT2D eigenvalue weighted by atomic mass is 16.5. The Morgan fingerprint density at radius 1 is 1.18 bits per heavy atom. The molecule has 1 heterocycles. The molecule has 22 heavy (non-hydrogen) atoms. The second-order valence-electron chi connectivity index (χ2n) is 4.69. The fourth-order valence-corrected chi connectivity index (χ4v) is 1.90. The summed E-state index contributed by atoms with van der Waals surface area (Å²) in [6.07, 6.45) is 1.41. The Kier molecular flexibility index (Phi) is 5.08. The first kappa shape index (κ1) is 15.5. The molecule has 2 N–H and O–H groups in total. The lowest BCUT2D eigenvalue weighted by Crippen LogP contribution is -2.31. The zero-order chi connectivity index (χ0) is 15.9. The Balaban J connectivity index is 1.87. The highest BCUT2D eigenvalue weighted by Gasteiger charge is 2.14. The predicted molar refractivity (Wildman–Crippen MR) is 80.3 cm³/mol. The van der Waals surface area contributed by atoms with E-state index >= 15 is 0 Å². The van der Waals surface area contributed by atoms with Crippen LogP contribution in [0.3, 0.4) is 0 Å². The van der Waals surface area contributed by atoms with Crippen molar-refractivity contribution in [2.24, 2.45) is 0 Å². The van der Waals surface area contributed by atoms with Crippen molar-refractivity contribution < 1.29 is 14.3 Å². The average Bonchev–Trinajstić information content (AvgIpc) is 2.54. The zero-order valence-corrected chi connectivity index (χ0v) is 12.0. The van der Waals surface area contributed by atoms with Gasteiger partial charge in [-0.05, 0) is 24.6 Å². The molecule has 0 spiro atoms. The molecule has 1 aromatic heterocycles. The maximum Gasteiger partial charge on any atom is 0.344 e. The van der Waals surface area contributed by atoms with Gasteiger partial charge in [-0.25, -0.2) is 4.79 Å². The Morgan fingerprint density at radius 3 is 2.59 bits per heavy atom. The van der Waals surface area contributed by atoms with E-state index in [1.807, 2.05) is 37.3 Å². The quantitative estimate of drug-likeness (QED) is 0.817. The number of carbonyl (C=O) groups is 2. The number of carbonyl (C=O) groups excluding carboxylic acids is 2. The van der Waals surface area contributed by atoms with Crippen molar-refractivity contribution in [1.29, 1.82) is 0 Å². The Morgan fingerprint density at radius 2 is 1.91 bits per heavy atom. The topological polar surface area (TPSA) is 88.3 Å². The number of rotatable bonds is 5. The minimum absolute atomic E-state index is 0.133. The SMILES string of the molecule is C[C@@H](NC(=O)COC(=O)c1ccc[nH]c1=O)c1ccccc1. The van der Waals surface area contributed by atoms with E-state index in [4.69, 9.17) is 4.74 Å². The van der Waals surface area contributed by atoms with E-state index in [0.717, 1.165) is 5.56 Å². The van der Waals surface area contributed by atoms with Gasteiger partial charge in [-0.3, -0.25) is 9.59 Å². The maximum atomic E-state index is 11.8. The minimum Gasteiger partial charge on any atom is -0.452 e. The molecule has 1 atom stereocenters. The third-order valence-electron chi connectivity index (χ3n) is 3.05. The van der Waals surface area contributed by atoms with Gasteiger partial charge < -0.3 is 15.0 Å². The maximum absolute atomic E-state index is 11.8. The van der Waals surface area contributed by atoms with Crippen LogP contribution in [0.2, 0.25) is 0 Å². The van der Waals surface area contributed by atoms with Crippen LogP contribution >= 0.6 is 0 Å². The number of nitrogens with one attached hydrogen (secondary N) is 2. The summed E-state index contributed by atoms with van der Waals surface area (Å²) in [5.41, 5.74) is 0.263. The average molecular weight is 300 g/mol. The van der Waals surface area contributed by atoms with Gasteiger partial charge in [0.2, 0.25) is 0 Å². The monoisotopic (exact) mass is 300 g/mol. The minimum atomic E-state index is -0.829. The van der Waals surface area contributed by atoms with Gasteiger partial charge in [-0.15, -0.1) is 0 Å². The zero-order valence-electron chi connectivity index (χ0n) is 12.0. The molecule has 1 aromatic carbocycles. The van der Waals surface area contributed by atoms with Crippen molar-refractivity contribution in [3.63, 3.8) is 0 Å². The Bertz CT molecular complexity index is 709. The molecule has 1 amide bonds. The number of ether oxygens (including phenoxy) is 1. The standard InChI is InChI=1S/C16H16N2O4/c1-11(12-6-3-2-4-7-12)18-14(19)10-22-16(21)13-8-5-9-17-15(13)20/h2-9,11H,10H2,1H3,(H,17,20)(H,18,19)/t11-/m1/s1. The number of pyridine rings is 1. The van der Waals surface area contributed by atoms with E-state index in [1.165, 1.54) is 18.3 Å². The van der Waals surface area contributed by atoms with Crippen LogP contribution in [0, 0.1) is 0 Å². The molecule has 0 aliphatic carbocycles. The van der Waals surface area contributed by atoms with Crippen LogP contribution in [0.4, 0.5) is 0 Å². The van der Waals surface area contributed by atoms with Crippen molar-refractivity contribution in [2.75, 3.05) is 6.61 Å². The van der Waals surface area contributed by atoms with Gasteiger partial charge in [0.1, 0.15) is 5.56 Å². The van der Waals surface area contributed by atoms with E-state index in [2.05, 4.69) is 10.3 Å². The fraction of sp³-hybridized carbons (Fsp3) is 0.188. The highest BCUT2D eigenvalue weighted by molar-refractivity contribution is 5.90. The van der Waals surface area contributed by atoms with Crippen LogP contribution in [-0.4, -0.2) is 23.5 Å². The number of esters is 1. The molecule has 0 bridgehead atoms. The molecule has 0 unspecified atom stereocenters. The van der Waals surface area contributed by atoms with Gasteiger partial charge >= 0.3 is 5.97 Å². The first-order valence-corrected chi connectivity index (χ1v) is 6.77. The number of aromatic nitrogens is 1. The van der Waals surface area contributed by atoms with Crippen molar-refractivity contribution in [3.8, 4) is 0 Å².